The lowest BCUT2D eigenvalue weighted by molar-refractivity contribution is -0.123. The van der Waals surface area contributed by atoms with Gasteiger partial charge in [-0.05, 0) is 68.2 Å². The minimum Gasteiger partial charge on any atom is -0.443 e. The molecular formula is C33H41ClN2O4Si. The van der Waals surface area contributed by atoms with Gasteiger partial charge in [0.15, 0.2) is 13.9 Å². The van der Waals surface area contributed by atoms with Crippen LogP contribution in [0.1, 0.15) is 64.3 Å². The number of fused-ring (bicyclic) bond motifs is 1. The lowest BCUT2D eigenvalue weighted by Crippen LogP contribution is -2.55. The molecular weight excluding hydrogens is 552 g/mol. The van der Waals surface area contributed by atoms with E-state index in [0.717, 1.165) is 10.5 Å². The van der Waals surface area contributed by atoms with E-state index >= 15 is 0 Å². The molecule has 0 fully saturated rings. The van der Waals surface area contributed by atoms with E-state index in [1.807, 2.05) is 60.7 Å². The summed E-state index contributed by atoms with van der Waals surface area (Å²) in [5, 5.41) is 4.27. The summed E-state index contributed by atoms with van der Waals surface area (Å²) in [6.07, 6.45) is -0.721. The Kier molecular flexibility index (Phi) is 8.59. The molecule has 1 aliphatic rings. The van der Waals surface area contributed by atoms with E-state index in [-0.39, 0.29) is 11.1 Å². The van der Waals surface area contributed by atoms with E-state index < -0.39 is 31.5 Å². The highest BCUT2D eigenvalue weighted by Gasteiger charge is 2.56. The fourth-order valence-corrected chi connectivity index (χ4v) is 5.89. The number of nitrogens with zero attached hydrogens (tertiary/aromatic N) is 1. The van der Waals surface area contributed by atoms with Crippen LogP contribution in [0.2, 0.25) is 23.2 Å². The molecule has 0 aromatic heterocycles. The van der Waals surface area contributed by atoms with Crippen LogP contribution >= 0.6 is 11.6 Å². The van der Waals surface area contributed by atoms with E-state index in [1.165, 1.54) is 0 Å². The lowest BCUT2D eigenvalue weighted by atomic mass is 9.82. The zero-order chi connectivity index (χ0) is 30.2. The van der Waals surface area contributed by atoms with Gasteiger partial charge in [0.05, 0.1) is 18.3 Å². The standard InChI is InChI=1S/C33H41ClN2O4Si/c1-31(2,3)40-30(38)36-28-17-13-12-16-26(28)33(29(36)37,24-18-20-25(34)21-19-24)35-27(23-14-10-9-11-15-23)22-39-41(7,8)32(4,5)6/h9-21,27,35H,22H2,1-8H3/t27-,33-/m0/s1. The van der Waals surface area contributed by atoms with E-state index in [4.69, 9.17) is 20.8 Å². The monoisotopic (exact) mass is 592 g/mol. The van der Waals surface area contributed by atoms with Gasteiger partial charge in [0.2, 0.25) is 0 Å². The fraction of sp³-hybridized carbons (Fsp3) is 0.394. The third-order valence-electron chi connectivity index (χ3n) is 7.94. The number of nitrogens with one attached hydrogen (secondary N) is 1. The molecule has 8 heteroatoms. The van der Waals surface area contributed by atoms with Gasteiger partial charge in [0.25, 0.3) is 5.91 Å². The van der Waals surface area contributed by atoms with Crippen molar-refractivity contribution in [2.24, 2.45) is 0 Å². The van der Waals surface area contributed by atoms with Crippen LogP contribution in [0.3, 0.4) is 0 Å². The molecule has 3 aromatic carbocycles. The number of ether oxygens (including phenoxy) is 1. The highest BCUT2D eigenvalue weighted by Crippen LogP contribution is 2.47. The first-order valence-corrected chi connectivity index (χ1v) is 17.3. The van der Waals surface area contributed by atoms with Crippen LogP contribution in [0.4, 0.5) is 10.5 Å². The number of anilines is 1. The second-order valence-electron chi connectivity index (χ2n) is 13.1. The summed E-state index contributed by atoms with van der Waals surface area (Å²) in [6.45, 7) is 16.7. The quantitative estimate of drug-likeness (QED) is 0.280. The number of rotatable bonds is 7. The van der Waals surface area contributed by atoms with Crippen LogP contribution in [-0.4, -0.2) is 32.5 Å². The zero-order valence-corrected chi connectivity index (χ0v) is 27.0. The summed E-state index contributed by atoms with van der Waals surface area (Å²) in [5.41, 5.74) is 0.585. The Morgan fingerprint density at radius 3 is 2.10 bits per heavy atom. The molecule has 2 amide bonds. The number of carbonyl (C=O) groups excluding carboxylic acids is 2. The van der Waals surface area contributed by atoms with Crippen molar-refractivity contribution in [3.05, 3.63) is 101 Å². The average molecular weight is 593 g/mol. The van der Waals surface area contributed by atoms with Crippen molar-refractivity contribution in [1.29, 1.82) is 0 Å². The largest absolute Gasteiger partial charge is 0.443 e. The van der Waals surface area contributed by atoms with Crippen LogP contribution in [0.25, 0.3) is 0 Å². The fourth-order valence-electron chi connectivity index (χ4n) is 4.74. The Hall–Kier alpha value is -2.97. The summed E-state index contributed by atoms with van der Waals surface area (Å²) in [7, 11) is -2.14. The first-order valence-electron chi connectivity index (χ1n) is 14.0. The molecule has 1 heterocycles. The second-order valence-corrected chi connectivity index (χ2v) is 18.3. The third-order valence-corrected chi connectivity index (χ3v) is 12.7. The molecule has 0 saturated heterocycles. The maximum Gasteiger partial charge on any atom is 0.421 e. The molecule has 218 valence electrons. The predicted molar refractivity (Wildman–Crippen MR) is 168 cm³/mol. The number of benzene rings is 3. The maximum atomic E-state index is 14.7. The predicted octanol–water partition coefficient (Wildman–Crippen LogP) is 8.22. The topological polar surface area (TPSA) is 67.9 Å². The molecule has 1 aliphatic heterocycles. The highest BCUT2D eigenvalue weighted by atomic mass is 35.5. The molecule has 2 atom stereocenters. The van der Waals surface area contributed by atoms with Crippen molar-refractivity contribution >= 4 is 37.6 Å². The maximum absolute atomic E-state index is 14.7. The van der Waals surface area contributed by atoms with Crippen LogP contribution in [0.5, 0.6) is 0 Å². The Balaban J connectivity index is 1.89. The summed E-state index contributed by atoms with van der Waals surface area (Å²) in [4.78, 5) is 29.4. The van der Waals surface area contributed by atoms with Gasteiger partial charge in [-0.3, -0.25) is 10.1 Å². The van der Waals surface area contributed by atoms with Gasteiger partial charge in [-0.15, -0.1) is 0 Å². The molecule has 0 spiro atoms. The first-order chi connectivity index (χ1) is 19.1. The summed E-state index contributed by atoms with van der Waals surface area (Å²) < 4.78 is 12.4. The molecule has 0 radical (unpaired) electrons. The molecule has 4 rings (SSSR count). The lowest BCUT2D eigenvalue weighted by Gasteiger charge is -2.39. The van der Waals surface area contributed by atoms with E-state index in [2.05, 4.69) is 39.2 Å². The smallest absolute Gasteiger partial charge is 0.421 e. The molecule has 0 aliphatic carbocycles. The Labute approximate surface area is 250 Å². The molecule has 0 saturated carbocycles. The van der Waals surface area contributed by atoms with Gasteiger partial charge >= 0.3 is 6.09 Å². The van der Waals surface area contributed by atoms with Crippen molar-refractivity contribution < 1.29 is 18.8 Å². The number of hydrogen-bond acceptors (Lipinski definition) is 5. The highest BCUT2D eigenvalue weighted by molar-refractivity contribution is 6.74. The zero-order valence-electron chi connectivity index (χ0n) is 25.2. The Bertz CT molecular complexity index is 1400. The normalized spacial score (nSPS) is 18.3. The first kappa shape index (κ1) is 31.0. The van der Waals surface area contributed by atoms with Gasteiger partial charge in [-0.2, -0.15) is 0 Å². The van der Waals surface area contributed by atoms with Gasteiger partial charge in [-0.25, -0.2) is 9.69 Å². The van der Waals surface area contributed by atoms with Crippen LogP contribution < -0.4 is 10.2 Å². The van der Waals surface area contributed by atoms with Crippen molar-refractivity contribution in [2.75, 3.05) is 11.5 Å². The molecule has 3 aromatic rings. The SMILES string of the molecule is CC(C)(C)OC(=O)N1C(=O)[C@](N[C@@H](CO[Si](C)(C)C(C)(C)C)c2ccccc2)(c2ccc(Cl)cc2)c2ccccc21. The Morgan fingerprint density at radius 2 is 1.51 bits per heavy atom. The van der Waals surface area contributed by atoms with E-state index in [1.54, 1.807) is 39.0 Å². The van der Waals surface area contributed by atoms with Gasteiger partial charge in [-0.1, -0.05) is 93.0 Å². The average Bonchev–Trinajstić information content (AvgIpc) is 3.14. The number of imide groups is 1. The number of halogens is 1. The summed E-state index contributed by atoms with van der Waals surface area (Å²) in [5.74, 6) is -0.441. The van der Waals surface area contributed by atoms with Crippen molar-refractivity contribution in [3.63, 3.8) is 0 Å². The molecule has 41 heavy (non-hydrogen) atoms. The summed E-state index contributed by atoms with van der Waals surface area (Å²) in [6, 6.07) is 24.1. The third kappa shape index (κ3) is 6.28. The molecule has 6 nitrogen and oxygen atoms in total. The van der Waals surface area contributed by atoms with Crippen LogP contribution in [-0.2, 0) is 19.5 Å². The Morgan fingerprint density at radius 1 is 0.927 bits per heavy atom. The minimum absolute atomic E-state index is 0.00535. The number of carbonyl (C=O) groups is 2. The van der Waals surface area contributed by atoms with Crippen molar-refractivity contribution in [2.45, 2.75) is 76.9 Å². The number of para-hydroxylation sites is 1. The number of amides is 2. The minimum atomic E-state index is -2.14. The second kappa shape index (κ2) is 11.4. The molecule has 0 unspecified atom stereocenters. The van der Waals surface area contributed by atoms with E-state index in [0.29, 0.717) is 28.4 Å². The van der Waals surface area contributed by atoms with Crippen LogP contribution in [0.15, 0.2) is 78.9 Å². The van der Waals surface area contributed by atoms with Crippen molar-refractivity contribution in [3.8, 4) is 0 Å². The van der Waals surface area contributed by atoms with Gasteiger partial charge in [0, 0.05) is 10.6 Å². The summed E-state index contributed by atoms with van der Waals surface area (Å²) >= 11 is 6.29. The van der Waals surface area contributed by atoms with Crippen molar-refractivity contribution in [1.82, 2.24) is 5.32 Å². The van der Waals surface area contributed by atoms with Crippen LogP contribution in [0, 0.1) is 0 Å². The van der Waals surface area contributed by atoms with E-state index in [9.17, 15) is 9.59 Å². The molecule has 1 N–H and O–H groups in total. The molecule has 0 bridgehead atoms. The van der Waals surface area contributed by atoms with Gasteiger partial charge < -0.3 is 9.16 Å². The number of hydrogen-bond donors (Lipinski definition) is 1. The van der Waals surface area contributed by atoms with Gasteiger partial charge in [0.1, 0.15) is 5.60 Å².